The van der Waals surface area contributed by atoms with Gasteiger partial charge in [0.2, 0.25) is 5.56 Å². The minimum atomic E-state index is -0.0105. The molecule has 1 aliphatic carbocycles. The van der Waals surface area contributed by atoms with Gasteiger partial charge in [-0.3, -0.25) is 9.48 Å². The van der Waals surface area contributed by atoms with Crippen molar-refractivity contribution in [2.75, 3.05) is 19.0 Å². The van der Waals surface area contributed by atoms with Crippen LogP contribution in [0.5, 0.6) is 0 Å². The van der Waals surface area contributed by atoms with Crippen molar-refractivity contribution in [2.45, 2.75) is 51.6 Å². The van der Waals surface area contributed by atoms with E-state index in [9.17, 15) is 4.79 Å². The number of aromatic nitrogens is 3. The van der Waals surface area contributed by atoms with Gasteiger partial charge in [0.15, 0.2) is 0 Å². The zero-order valence-electron chi connectivity index (χ0n) is 15.9. The minimum Gasteiger partial charge on any atom is -0.363 e. The van der Waals surface area contributed by atoms with Gasteiger partial charge in [0.25, 0.3) is 0 Å². The van der Waals surface area contributed by atoms with Crippen LogP contribution in [0.1, 0.15) is 61.2 Å². The molecule has 136 valence electrons. The third kappa shape index (κ3) is 3.49. The number of nitrogens with zero attached hydrogens (tertiary/aromatic N) is 3. The molecule has 0 saturated heterocycles. The van der Waals surface area contributed by atoms with Crippen LogP contribution >= 0.6 is 0 Å². The molecule has 0 bridgehead atoms. The Morgan fingerprint density at radius 1 is 1.40 bits per heavy atom. The maximum absolute atomic E-state index is 11.6. The van der Waals surface area contributed by atoms with E-state index in [4.69, 9.17) is 5.10 Å². The summed E-state index contributed by atoms with van der Waals surface area (Å²) in [5.74, 6) is 1.53. The fourth-order valence-corrected chi connectivity index (χ4v) is 3.91. The summed E-state index contributed by atoms with van der Waals surface area (Å²) < 4.78 is 1.97. The highest BCUT2D eigenvalue weighted by Crippen LogP contribution is 2.31. The van der Waals surface area contributed by atoms with Gasteiger partial charge >= 0.3 is 0 Å². The number of pyridine rings is 1. The number of hydrogen-bond acceptors (Lipinski definition) is 4. The van der Waals surface area contributed by atoms with Gasteiger partial charge in [-0.2, -0.15) is 5.10 Å². The van der Waals surface area contributed by atoms with Gasteiger partial charge < -0.3 is 15.2 Å². The predicted octanol–water partition coefficient (Wildman–Crippen LogP) is 2.47. The largest absolute Gasteiger partial charge is 0.363 e. The molecule has 6 nitrogen and oxygen atoms in total. The monoisotopic (exact) mass is 343 g/mol. The van der Waals surface area contributed by atoms with Crippen LogP contribution in [0.3, 0.4) is 0 Å². The average Bonchev–Trinajstić information content (AvgIpc) is 2.89. The topological polar surface area (TPSA) is 66.0 Å². The molecule has 0 spiro atoms. The van der Waals surface area contributed by atoms with E-state index in [0.29, 0.717) is 5.92 Å². The molecule has 0 aromatic carbocycles. The van der Waals surface area contributed by atoms with Crippen LogP contribution in [0.4, 0.5) is 5.82 Å². The Morgan fingerprint density at radius 3 is 2.84 bits per heavy atom. The normalized spacial score (nSPS) is 17.0. The molecule has 0 fully saturated rings. The number of fused-ring (bicyclic) bond motifs is 1. The molecule has 1 aliphatic rings. The van der Waals surface area contributed by atoms with E-state index in [0.717, 1.165) is 43.0 Å². The first-order valence-electron chi connectivity index (χ1n) is 9.07. The molecule has 0 saturated carbocycles. The highest BCUT2D eigenvalue weighted by Gasteiger charge is 2.24. The van der Waals surface area contributed by atoms with Crippen LogP contribution in [-0.4, -0.2) is 28.9 Å². The van der Waals surface area contributed by atoms with E-state index in [2.05, 4.69) is 43.1 Å². The van der Waals surface area contributed by atoms with Gasteiger partial charge in [-0.1, -0.05) is 19.9 Å². The lowest BCUT2D eigenvalue weighted by Crippen LogP contribution is -2.28. The summed E-state index contributed by atoms with van der Waals surface area (Å²) >= 11 is 0. The van der Waals surface area contributed by atoms with Crippen molar-refractivity contribution in [2.24, 2.45) is 7.05 Å². The van der Waals surface area contributed by atoms with Crippen molar-refractivity contribution in [1.82, 2.24) is 20.1 Å². The standard InChI is InChI=1S/C19H29N5O/c1-12(2)18-14(19(23(3)4)24(5)22-18)11-20-15-7-6-8-16-13(15)9-10-17(25)21-16/h9-10,12,15,20H,6-8,11H2,1-5H3,(H,21,25)/t15-/m1/s1. The lowest BCUT2D eigenvalue weighted by molar-refractivity contribution is 0.452. The number of aromatic amines is 1. The summed E-state index contributed by atoms with van der Waals surface area (Å²) in [5, 5.41) is 8.45. The van der Waals surface area contributed by atoms with Crippen molar-refractivity contribution in [3.05, 3.63) is 45.0 Å². The van der Waals surface area contributed by atoms with E-state index >= 15 is 0 Å². The third-order valence-corrected chi connectivity index (χ3v) is 4.97. The molecule has 6 heteroatoms. The molecule has 0 unspecified atom stereocenters. The Labute approximate surface area is 149 Å². The zero-order chi connectivity index (χ0) is 18.1. The quantitative estimate of drug-likeness (QED) is 0.875. The Hall–Kier alpha value is -2.08. The fraction of sp³-hybridized carbons (Fsp3) is 0.579. The molecule has 0 radical (unpaired) electrons. The van der Waals surface area contributed by atoms with Crippen molar-refractivity contribution in [3.63, 3.8) is 0 Å². The van der Waals surface area contributed by atoms with Gasteiger partial charge in [0.05, 0.1) is 5.69 Å². The van der Waals surface area contributed by atoms with Crippen molar-refractivity contribution >= 4 is 5.82 Å². The van der Waals surface area contributed by atoms with Gasteiger partial charge in [0, 0.05) is 51.1 Å². The zero-order valence-corrected chi connectivity index (χ0v) is 15.9. The molecule has 3 rings (SSSR count). The Kier molecular flexibility index (Phi) is 4.99. The maximum atomic E-state index is 11.6. The Balaban J connectivity index is 1.87. The Morgan fingerprint density at radius 2 is 2.16 bits per heavy atom. The molecule has 2 heterocycles. The molecular formula is C19H29N5O. The number of nitrogens with one attached hydrogen (secondary N) is 2. The smallest absolute Gasteiger partial charge is 0.248 e. The second-order valence-electron chi connectivity index (χ2n) is 7.44. The number of anilines is 1. The summed E-state index contributed by atoms with van der Waals surface area (Å²) in [6, 6.07) is 3.88. The molecule has 2 aromatic rings. The van der Waals surface area contributed by atoms with Crippen LogP contribution in [-0.2, 0) is 20.0 Å². The average molecular weight is 343 g/mol. The number of rotatable bonds is 5. The van der Waals surface area contributed by atoms with Crippen molar-refractivity contribution < 1.29 is 0 Å². The molecule has 0 amide bonds. The van der Waals surface area contributed by atoms with E-state index in [1.165, 1.54) is 11.1 Å². The summed E-state index contributed by atoms with van der Waals surface area (Å²) in [7, 11) is 6.13. The first-order valence-corrected chi connectivity index (χ1v) is 9.07. The van der Waals surface area contributed by atoms with Crippen LogP contribution in [0, 0.1) is 0 Å². The van der Waals surface area contributed by atoms with Crippen LogP contribution in [0.2, 0.25) is 0 Å². The molecule has 25 heavy (non-hydrogen) atoms. The summed E-state index contributed by atoms with van der Waals surface area (Å²) in [6.07, 6.45) is 3.14. The van der Waals surface area contributed by atoms with E-state index < -0.39 is 0 Å². The van der Waals surface area contributed by atoms with Crippen molar-refractivity contribution in [3.8, 4) is 0 Å². The van der Waals surface area contributed by atoms with E-state index in [1.54, 1.807) is 6.07 Å². The van der Waals surface area contributed by atoms with E-state index in [-0.39, 0.29) is 11.6 Å². The summed E-state index contributed by atoms with van der Waals surface area (Å²) in [6.45, 7) is 5.15. The molecule has 0 aliphatic heterocycles. The third-order valence-electron chi connectivity index (χ3n) is 4.97. The SMILES string of the molecule is CC(C)c1nn(C)c(N(C)C)c1CN[C@@H]1CCCc2[nH]c(=O)ccc21. The lowest BCUT2D eigenvalue weighted by Gasteiger charge is -2.26. The molecular weight excluding hydrogens is 314 g/mol. The van der Waals surface area contributed by atoms with Crippen molar-refractivity contribution in [1.29, 1.82) is 0 Å². The van der Waals surface area contributed by atoms with Gasteiger partial charge in [-0.05, 0) is 30.7 Å². The van der Waals surface area contributed by atoms with Gasteiger partial charge in [0.1, 0.15) is 5.82 Å². The molecule has 2 aromatic heterocycles. The Bertz CT molecular complexity index is 803. The summed E-state index contributed by atoms with van der Waals surface area (Å²) in [4.78, 5) is 16.7. The number of hydrogen-bond donors (Lipinski definition) is 2. The predicted molar refractivity (Wildman–Crippen MR) is 101 cm³/mol. The summed E-state index contributed by atoms with van der Waals surface area (Å²) in [5.41, 5.74) is 4.71. The van der Waals surface area contributed by atoms with Gasteiger partial charge in [-0.15, -0.1) is 0 Å². The highest BCUT2D eigenvalue weighted by atomic mass is 16.1. The number of H-pyrrole nitrogens is 1. The molecule has 2 N–H and O–H groups in total. The minimum absolute atomic E-state index is 0.0105. The first kappa shape index (κ1) is 17.7. The van der Waals surface area contributed by atoms with Crippen LogP contribution in [0.25, 0.3) is 0 Å². The van der Waals surface area contributed by atoms with Gasteiger partial charge in [-0.25, -0.2) is 0 Å². The lowest BCUT2D eigenvalue weighted by atomic mass is 9.91. The fourth-order valence-electron chi connectivity index (χ4n) is 3.91. The first-order chi connectivity index (χ1) is 11.9. The van der Waals surface area contributed by atoms with Crippen LogP contribution < -0.4 is 15.8 Å². The second kappa shape index (κ2) is 7.04. The van der Waals surface area contributed by atoms with E-state index in [1.807, 2.05) is 17.8 Å². The molecule has 1 atom stereocenters. The number of aryl methyl sites for hydroxylation is 2. The highest BCUT2D eigenvalue weighted by molar-refractivity contribution is 5.50. The second-order valence-corrected chi connectivity index (χ2v) is 7.44. The maximum Gasteiger partial charge on any atom is 0.248 e. The van der Waals surface area contributed by atoms with Crippen LogP contribution in [0.15, 0.2) is 16.9 Å².